The summed E-state index contributed by atoms with van der Waals surface area (Å²) in [6.45, 7) is 4.50. The van der Waals surface area contributed by atoms with Crippen molar-refractivity contribution in [2.45, 2.75) is 20.4 Å². The molecule has 0 aliphatic carbocycles. The smallest absolute Gasteiger partial charge is 0.344 e. The number of nitrogens with one attached hydrogen (secondary N) is 1. The highest BCUT2D eigenvalue weighted by Crippen LogP contribution is 2.45. The Morgan fingerprint density at radius 2 is 1.82 bits per heavy atom. The number of esters is 1. The van der Waals surface area contributed by atoms with Crippen molar-refractivity contribution < 1.29 is 28.5 Å². The van der Waals surface area contributed by atoms with Gasteiger partial charge in [-0.05, 0) is 49.2 Å². The number of hydrogen-bond acceptors (Lipinski definition) is 6. The molecule has 1 heterocycles. The number of carbonyl (C=O) groups is 2. The van der Waals surface area contributed by atoms with Crippen LogP contribution in [0.2, 0.25) is 0 Å². The molecule has 0 unspecified atom stereocenters. The van der Waals surface area contributed by atoms with Gasteiger partial charge in [0, 0.05) is 17.7 Å². The quantitative estimate of drug-likeness (QED) is 0.704. The number of hydrogen-bond donors (Lipinski definition) is 1. The average molecular weight is 385 g/mol. The molecule has 28 heavy (non-hydrogen) atoms. The predicted molar refractivity (Wildman–Crippen MR) is 103 cm³/mol. The molecule has 2 aromatic carbocycles. The fourth-order valence-electron chi connectivity index (χ4n) is 3.09. The highest BCUT2D eigenvalue weighted by molar-refractivity contribution is 5.99. The van der Waals surface area contributed by atoms with Crippen molar-refractivity contribution in [2.75, 3.05) is 26.9 Å². The third-order valence-corrected chi connectivity index (χ3v) is 4.32. The number of ether oxygens (including phenoxy) is 4. The molecule has 0 atom stereocenters. The van der Waals surface area contributed by atoms with Crippen molar-refractivity contribution in [1.82, 2.24) is 5.32 Å². The molecule has 0 fully saturated rings. The maximum atomic E-state index is 11.8. The second-order valence-corrected chi connectivity index (χ2v) is 6.05. The third kappa shape index (κ3) is 3.88. The minimum atomic E-state index is -0.470. The second kappa shape index (κ2) is 8.65. The van der Waals surface area contributed by atoms with Crippen LogP contribution >= 0.6 is 0 Å². The summed E-state index contributed by atoms with van der Waals surface area (Å²) in [5, 5.41) is 2.81. The Kier molecular flexibility index (Phi) is 6.03. The molecule has 0 radical (unpaired) electrons. The van der Waals surface area contributed by atoms with Gasteiger partial charge in [-0.3, -0.25) is 4.79 Å². The lowest BCUT2D eigenvalue weighted by Crippen LogP contribution is -2.15. The lowest BCUT2D eigenvalue weighted by atomic mass is 9.99. The Balaban J connectivity index is 2.05. The van der Waals surface area contributed by atoms with Crippen LogP contribution in [0.5, 0.6) is 17.2 Å². The van der Waals surface area contributed by atoms with E-state index in [1.165, 1.54) is 0 Å². The molecule has 0 aromatic heterocycles. The van der Waals surface area contributed by atoms with Crippen molar-refractivity contribution in [1.29, 1.82) is 0 Å². The van der Waals surface area contributed by atoms with Gasteiger partial charge in [0.1, 0.15) is 0 Å². The van der Waals surface area contributed by atoms with Gasteiger partial charge in [0.25, 0.3) is 5.91 Å². The lowest BCUT2D eigenvalue weighted by molar-refractivity contribution is -0.145. The highest BCUT2D eigenvalue weighted by atomic mass is 16.6. The standard InChI is InChI=1S/C21H23NO6/c1-4-26-18(23)12-28-19-15(8-9-17(25-3)20(19)27-5-2)13-6-7-16-14(10-13)11-22-21(16)24/h6-10H,4-5,11-12H2,1-3H3,(H,22,24). The van der Waals surface area contributed by atoms with Crippen molar-refractivity contribution >= 4 is 11.9 Å². The molecule has 0 spiro atoms. The van der Waals surface area contributed by atoms with E-state index in [4.69, 9.17) is 18.9 Å². The number of rotatable bonds is 8. The van der Waals surface area contributed by atoms with Gasteiger partial charge in [-0.2, -0.15) is 0 Å². The summed E-state index contributed by atoms with van der Waals surface area (Å²) in [6.07, 6.45) is 0. The van der Waals surface area contributed by atoms with E-state index >= 15 is 0 Å². The van der Waals surface area contributed by atoms with Crippen LogP contribution in [-0.2, 0) is 16.1 Å². The lowest BCUT2D eigenvalue weighted by Gasteiger charge is -2.18. The molecule has 1 aliphatic heterocycles. The van der Waals surface area contributed by atoms with E-state index < -0.39 is 5.97 Å². The van der Waals surface area contributed by atoms with Crippen molar-refractivity contribution in [3.05, 3.63) is 41.5 Å². The maximum absolute atomic E-state index is 11.8. The Morgan fingerprint density at radius 3 is 2.54 bits per heavy atom. The van der Waals surface area contributed by atoms with E-state index in [9.17, 15) is 9.59 Å². The zero-order chi connectivity index (χ0) is 20.1. The summed E-state index contributed by atoms with van der Waals surface area (Å²) in [6, 6.07) is 9.19. The molecule has 3 rings (SSSR count). The Hall–Kier alpha value is -3.22. The van der Waals surface area contributed by atoms with Gasteiger partial charge in [-0.1, -0.05) is 6.07 Å². The van der Waals surface area contributed by atoms with Crippen LogP contribution in [0, 0.1) is 0 Å². The van der Waals surface area contributed by atoms with Gasteiger partial charge in [-0.15, -0.1) is 0 Å². The largest absolute Gasteiger partial charge is 0.493 e. The molecule has 1 aliphatic rings. The monoisotopic (exact) mass is 385 g/mol. The number of amides is 1. The summed E-state index contributed by atoms with van der Waals surface area (Å²) in [5.41, 5.74) is 3.15. The summed E-state index contributed by atoms with van der Waals surface area (Å²) in [5.74, 6) is 0.767. The molecule has 1 N–H and O–H groups in total. The van der Waals surface area contributed by atoms with Crippen molar-refractivity contribution in [3.63, 3.8) is 0 Å². The highest BCUT2D eigenvalue weighted by Gasteiger charge is 2.23. The van der Waals surface area contributed by atoms with Gasteiger partial charge in [-0.25, -0.2) is 4.79 Å². The molecule has 0 bridgehead atoms. The maximum Gasteiger partial charge on any atom is 0.344 e. The molecular weight excluding hydrogens is 362 g/mol. The van der Waals surface area contributed by atoms with E-state index in [1.807, 2.05) is 25.1 Å². The van der Waals surface area contributed by atoms with E-state index in [0.29, 0.717) is 36.0 Å². The summed E-state index contributed by atoms with van der Waals surface area (Å²) in [7, 11) is 1.54. The van der Waals surface area contributed by atoms with Gasteiger partial charge in [0.05, 0.1) is 20.3 Å². The van der Waals surface area contributed by atoms with E-state index in [1.54, 1.807) is 26.2 Å². The normalized spacial score (nSPS) is 12.2. The van der Waals surface area contributed by atoms with E-state index in [2.05, 4.69) is 5.32 Å². The average Bonchev–Trinajstić information content (AvgIpc) is 3.07. The van der Waals surface area contributed by atoms with E-state index in [-0.39, 0.29) is 19.1 Å². The molecule has 2 aromatic rings. The number of carbonyl (C=O) groups excluding carboxylic acids is 2. The molecule has 148 valence electrons. The SMILES string of the molecule is CCOC(=O)COc1c(-c2ccc3c(c2)CNC3=O)ccc(OC)c1OCC. The van der Waals surface area contributed by atoms with Gasteiger partial charge >= 0.3 is 5.97 Å². The van der Waals surface area contributed by atoms with Gasteiger partial charge in [0.15, 0.2) is 18.1 Å². The molecular formula is C21H23NO6. The van der Waals surface area contributed by atoms with Crippen LogP contribution in [0.3, 0.4) is 0 Å². The summed E-state index contributed by atoms with van der Waals surface area (Å²) >= 11 is 0. The molecule has 0 saturated carbocycles. The number of benzene rings is 2. The predicted octanol–water partition coefficient (Wildman–Crippen LogP) is 2.95. The van der Waals surface area contributed by atoms with Crippen LogP contribution in [0.4, 0.5) is 0 Å². The first kappa shape index (κ1) is 19.5. The Morgan fingerprint density at radius 1 is 1.04 bits per heavy atom. The molecule has 0 saturated heterocycles. The van der Waals surface area contributed by atoms with E-state index in [0.717, 1.165) is 16.7 Å². The fraction of sp³-hybridized carbons (Fsp3) is 0.333. The summed E-state index contributed by atoms with van der Waals surface area (Å²) < 4.78 is 21.9. The van der Waals surface area contributed by atoms with Crippen LogP contribution in [-0.4, -0.2) is 38.8 Å². The topological polar surface area (TPSA) is 83.1 Å². The molecule has 7 nitrogen and oxygen atoms in total. The fourth-order valence-corrected chi connectivity index (χ4v) is 3.09. The van der Waals surface area contributed by atoms with Crippen LogP contribution in [0.1, 0.15) is 29.8 Å². The first-order chi connectivity index (χ1) is 13.6. The zero-order valence-corrected chi connectivity index (χ0v) is 16.2. The minimum absolute atomic E-state index is 0.0786. The van der Waals surface area contributed by atoms with Gasteiger partial charge < -0.3 is 24.3 Å². The number of fused-ring (bicyclic) bond motifs is 1. The second-order valence-electron chi connectivity index (χ2n) is 6.05. The van der Waals surface area contributed by atoms with Crippen LogP contribution in [0.25, 0.3) is 11.1 Å². The number of methoxy groups -OCH3 is 1. The van der Waals surface area contributed by atoms with Crippen LogP contribution in [0.15, 0.2) is 30.3 Å². The Bertz CT molecular complexity index is 893. The molecule has 1 amide bonds. The first-order valence-corrected chi connectivity index (χ1v) is 9.12. The summed E-state index contributed by atoms with van der Waals surface area (Å²) in [4.78, 5) is 23.6. The van der Waals surface area contributed by atoms with Crippen LogP contribution < -0.4 is 19.5 Å². The zero-order valence-electron chi connectivity index (χ0n) is 16.2. The van der Waals surface area contributed by atoms with Gasteiger partial charge in [0.2, 0.25) is 5.75 Å². The van der Waals surface area contributed by atoms with Crippen molar-refractivity contribution in [3.8, 4) is 28.4 Å². The first-order valence-electron chi connectivity index (χ1n) is 9.12. The Labute approximate surface area is 163 Å². The third-order valence-electron chi connectivity index (χ3n) is 4.32. The molecule has 7 heteroatoms. The minimum Gasteiger partial charge on any atom is -0.493 e. The van der Waals surface area contributed by atoms with Crippen molar-refractivity contribution in [2.24, 2.45) is 0 Å².